The van der Waals surface area contributed by atoms with E-state index in [0.717, 1.165) is 17.2 Å². The third-order valence-electron chi connectivity index (χ3n) is 3.96. The Morgan fingerprint density at radius 1 is 1.07 bits per heavy atom. The van der Waals surface area contributed by atoms with Crippen molar-refractivity contribution in [2.24, 2.45) is 0 Å². The summed E-state index contributed by atoms with van der Waals surface area (Å²) in [7, 11) is -3.29. The quantitative estimate of drug-likeness (QED) is 0.623. The van der Waals surface area contributed by atoms with Gasteiger partial charge in [0, 0.05) is 29.5 Å². The van der Waals surface area contributed by atoms with Crippen LogP contribution in [0.1, 0.15) is 17.3 Å². The van der Waals surface area contributed by atoms with E-state index >= 15 is 0 Å². The summed E-state index contributed by atoms with van der Waals surface area (Å²) in [6.07, 6.45) is 3.88. The zero-order valence-electron chi connectivity index (χ0n) is 16.5. The molecule has 0 radical (unpaired) electrons. The van der Waals surface area contributed by atoms with Crippen LogP contribution in [0.3, 0.4) is 0 Å². The maximum atomic E-state index is 12.8. The lowest BCUT2D eigenvalue weighted by Gasteiger charge is -2.13. The van der Waals surface area contributed by atoms with Crippen LogP contribution < -0.4 is 10.1 Å². The fourth-order valence-corrected chi connectivity index (χ4v) is 3.04. The largest absolute Gasteiger partial charge is 0.438 e. The summed E-state index contributed by atoms with van der Waals surface area (Å²) < 4.78 is 28.4. The monoisotopic (exact) mass is 423 g/mol. The molecule has 0 saturated carbocycles. The molecule has 0 aliphatic carbocycles. The second-order valence-electron chi connectivity index (χ2n) is 6.61. The van der Waals surface area contributed by atoms with Crippen molar-refractivity contribution in [2.75, 3.05) is 6.26 Å². The summed E-state index contributed by atoms with van der Waals surface area (Å²) >= 11 is 0. The summed E-state index contributed by atoms with van der Waals surface area (Å²) in [5.74, 6) is 0.565. The highest BCUT2D eigenvalue weighted by Gasteiger charge is 2.19. The molecule has 1 heterocycles. The number of hydrogen-bond acceptors (Lipinski definition) is 6. The summed E-state index contributed by atoms with van der Waals surface area (Å²) in [6.45, 7) is 1.66. The van der Waals surface area contributed by atoms with Crippen LogP contribution >= 0.6 is 0 Å². The average molecular weight is 423 g/mol. The van der Waals surface area contributed by atoms with Crippen LogP contribution in [0.15, 0.2) is 78.3 Å². The van der Waals surface area contributed by atoms with Gasteiger partial charge in [-0.2, -0.15) is 4.98 Å². The predicted molar refractivity (Wildman–Crippen MR) is 115 cm³/mol. The Kier molecular flexibility index (Phi) is 6.58. The Balaban J connectivity index is 1.92. The van der Waals surface area contributed by atoms with E-state index in [0.29, 0.717) is 11.6 Å². The fourth-order valence-electron chi connectivity index (χ4n) is 2.52. The Morgan fingerprint density at radius 3 is 2.33 bits per heavy atom. The van der Waals surface area contributed by atoms with E-state index in [9.17, 15) is 13.2 Å². The van der Waals surface area contributed by atoms with Crippen LogP contribution in [0.25, 0.3) is 11.4 Å². The molecule has 1 atom stereocenters. The van der Waals surface area contributed by atoms with Crippen molar-refractivity contribution >= 4 is 15.7 Å². The van der Waals surface area contributed by atoms with Gasteiger partial charge in [0.15, 0.2) is 15.7 Å². The molecule has 7 nitrogen and oxygen atoms in total. The van der Waals surface area contributed by atoms with Gasteiger partial charge in [-0.1, -0.05) is 54.6 Å². The molecule has 0 fully saturated rings. The summed E-state index contributed by atoms with van der Waals surface area (Å²) in [5, 5.41) is 3.75. The topological polar surface area (TPSA) is 98.2 Å². The van der Waals surface area contributed by atoms with E-state index in [1.165, 1.54) is 12.3 Å². The second-order valence-corrected chi connectivity index (χ2v) is 8.54. The average Bonchev–Trinajstić information content (AvgIpc) is 2.73. The highest BCUT2D eigenvalue weighted by Crippen LogP contribution is 2.26. The highest BCUT2D eigenvalue weighted by molar-refractivity contribution is 7.93. The zero-order chi connectivity index (χ0) is 21.6. The minimum atomic E-state index is -3.29. The molecule has 1 N–H and O–H groups in total. The number of carbonyl (C=O) groups excluding carboxylic acids is 1. The van der Waals surface area contributed by atoms with Gasteiger partial charge in [-0.25, -0.2) is 13.4 Å². The van der Waals surface area contributed by atoms with E-state index in [4.69, 9.17) is 4.74 Å². The van der Waals surface area contributed by atoms with Crippen LogP contribution in [0.5, 0.6) is 11.6 Å². The lowest BCUT2D eigenvalue weighted by atomic mass is 10.2. The molecule has 0 spiro atoms. The predicted octanol–water partition coefficient (Wildman–Crippen LogP) is 3.61. The first-order valence-electron chi connectivity index (χ1n) is 9.16. The van der Waals surface area contributed by atoms with Crippen LogP contribution in [0.2, 0.25) is 0 Å². The van der Waals surface area contributed by atoms with Crippen LogP contribution in [-0.2, 0) is 9.84 Å². The smallest absolute Gasteiger partial charge is 0.258 e. The molecule has 3 rings (SSSR count). The summed E-state index contributed by atoms with van der Waals surface area (Å²) in [6, 6.07) is 17.8. The molecule has 8 heteroatoms. The number of amides is 1. The minimum Gasteiger partial charge on any atom is -0.438 e. The van der Waals surface area contributed by atoms with Crippen molar-refractivity contribution in [3.8, 4) is 23.0 Å². The standard InChI is InChI=1S/C22H21N3O4S/c1-16(13-14-30(2,27)28)24-21(26)19-15-23-20(17-9-5-3-6-10-17)25-22(19)29-18-11-7-4-8-12-18/h3-16H,1-2H3,(H,24,26). The highest BCUT2D eigenvalue weighted by atomic mass is 32.2. The third-order valence-corrected chi connectivity index (χ3v) is 4.61. The molecule has 1 unspecified atom stereocenters. The molecular weight excluding hydrogens is 402 g/mol. The fraction of sp³-hybridized carbons (Fsp3) is 0.136. The van der Waals surface area contributed by atoms with E-state index in [1.54, 1.807) is 19.1 Å². The van der Waals surface area contributed by atoms with Crippen molar-refractivity contribution in [1.29, 1.82) is 0 Å². The van der Waals surface area contributed by atoms with Gasteiger partial charge in [-0.05, 0) is 19.1 Å². The molecule has 1 amide bonds. The third kappa shape index (κ3) is 5.99. The molecule has 30 heavy (non-hydrogen) atoms. The number of nitrogens with one attached hydrogen (secondary N) is 1. The van der Waals surface area contributed by atoms with Gasteiger partial charge in [0.25, 0.3) is 5.91 Å². The first-order valence-corrected chi connectivity index (χ1v) is 11.1. The number of sulfone groups is 1. The maximum Gasteiger partial charge on any atom is 0.258 e. The number of ether oxygens (including phenoxy) is 1. The van der Waals surface area contributed by atoms with Crippen molar-refractivity contribution < 1.29 is 17.9 Å². The first-order chi connectivity index (χ1) is 14.3. The van der Waals surface area contributed by atoms with Gasteiger partial charge in [0.05, 0.1) is 0 Å². The molecule has 1 aromatic heterocycles. The van der Waals surface area contributed by atoms with Gasteiger partial charge in [-0.3, -0.25) is 4.79 Å². The van der Waals surface area contributed by atoms with E-state index in [2.05, 4.69) is 15.3 Å². The van der Waals surface area contributed by atoms with Crippen LogP contribution in [-0.4, -0.2) is 36.6 Å². The minimum absolute atomic E-state index is 0.104. The van der Waals surface area contributed by atoms with Gasteiger partial charge in [0.1, 0.15) is 11.3 Å². The van der Waals surface area contributed by atoms with Crippen LogP contribution in [0, 0.1) is 0 Å². The summed E-state index contributed by atoms with van der Waals surface area (Å²) in [5.41, 5.74) is 0.921. The lowest BCUT2D eigenvalue weighted by molar-refractivity contribution is 0.0943. The molecule has 2 aromatic carbocycles. The number of para-hydroxylation sites is 1. The number of carbonyl (C=O) groups is 1. The van der Waals surface area contributed by atoms with E-state index in [1.807, 2.05) is 48.5 Å². The molecule has 0 saturated heterocycles. The second kappa shape index (κ2) is 9.32. The number of hydrogen-bond donors (Lipinski definition) is 1. The van der Waals surface area contributed by atoms with E-state index in [-0.39, 0.29) is 11.4 Å². The molecular formula is C22H21N3O4S. The first kappa shape index (κ1) is 21.2. The Morgan fingerprint density at radius 2 is 1.70 bits per heavy atom. The van der Waals surface area contributed by atoms with Crippen molar-refractivity contribution in [3.63, 3.8) is 0 Å². The maximum absolute atomic E-state index is 12.8. The molecule has 0 aliphatic heterocycles. The molecule has 3 aromatic rings. The Hall–Kier alpha value is -3.52. The van der Waals surface area contributed by atoms with E-state index < -0.39 is 21.8 Å². The SMILES string of the molecule is CC(C=CS(C)(=O)=O)NC(=O)c1cnc(-c2ccccc2)nc1Oc1ccccc1. The number of benzene rings is 2. The Labute approximate surface area is 175 Å². The summed E-state index contributed by atoms with van der Waals surface area (Å²) in [4.78, 5) is 21.5. The van der Waals surface area contributed by atoms with Crippen LogP contribution in [0.4, 0.5) is 0 Å². The number of rotatable bonds is 7. The number of aromatic nitrogens is 2. The molecule has 0 aliphatic rings. The van der Waals surface area contributed by atoms with Gasteiger partial charge < -0.3 is 10.1 Å². The van der Waals surface area contributed by atoms with Gasteiger partial charge in [0.2, 0.25) is 5.88 Å². The zero-order valence-corrected chi connectivity index (χ0v) is 17.3. The Bertz CT molecular complexity index is 1150. The van der Waals surface area contributed by atoms with Crippen molar-refractivity contribution in [3.05, 3.63) is 83.9 Å². The van der Waals surface area contributed by atoms with Crippen molar-refractivity contribution in [2.45, 2.75) is 13.0 Å². The number of nitrogens with zero attached hydrogens (tertiary/aromatic N) is 2. The van der Waals surface area contributed by atoms with Gasteiger partial charge in [-0.15, -0.1) is 0 Å². The lowest BCUT2D eigenvalue weighted by Crippen LogP contribution is -2.31. The molecule has 0 bridgehead atoms. The normalized spacial score (nSPS) is 12.5. The van der Waals surface area contributed by atoms with Crippen molar-refractivity contribution in [1.82, 2.24) is 15.3 Å². The molecule has 154 valence electrons. The van der Waals surface area contributed by atoms with Gasteiger partial charge >= 0.3 is 0 Å².